The zero-order chi connectivity index (χ0) is 16.9. The van der Waals surface area contributed by atoms with Gasteiger partial charge in [-0.3, -0.25) is 4.99 Å². The molecule has 0 aliphatic heterocycles. The molecule has 1 atom stereocenters. The number of nitrogens with zero attached hydrogens (tertiary/aromatic N) is 1. The van der Waals surface area contributed by atoms with Crippen LogP contribution in [0.15, 0.2) is 29.3 Å². The van der Waals surface area contributed by atoms with Gasteiger partial charge in [0.1, 0.15) is 11.9 Å². The molecule has 0 heterocycles. The van der Waals surface area contributed by atoms with Gasteiger partial charge in [0, 0.05) is 26.8 Å². The van der Waals surface area contributed by atoms with Crippen LogP contribution in [0.1, 0.15) is 26.7 Å². The lowest BCUT2D eigenvalue weighted by molar-refractivity contribution is 0.145. The zero-order valence-corrected chi connectivity index (χ0v) is 17.8. The zero-order valence-electron chi connectivity index (χ0n) is 14.7. The molecule has 5 nitrogen and oxygen atoms in total. The van der Waals surface area contributed by atoms with Crippen LogP contribution >= 0.6 is 35.6 Å². The fourth-order valence-corrected chi connectivity index (χ4v) is 2.13. The molecule has 0 fully saturated rings. The summed E-state index contributed by atoms with van der Waals surface area (Å²) in [5.41, 5.74) is 0. The highest BCUT2D eigenvalue weighted by Crippen LogP contribution is 2.24. The van der Waals surface area contributed by atoms with Gasteiger partial charge < -0.3 is 20.1 Å². The Morgan fingerprint density at radius 3 is 2.62 bits per heavy atom. The summed E-state index contributed by atoms with van der Waals surface area (Å²) in [4.78, 5) is 4.21. The summed E-state index contributed by atoms with van der Waals surface area (Å²) in [6.07, 6.45) is 1.85. The molecular formula is C17H29ClIN3O2. The monoisotopic (exact) mass is 469 g/mol. The molecule has 0 spiro atoms. The van der Waals surface area contributed by atoms with Gasteiger partial charge in [-0.25, -0.2) is 0 Å². The molecule has 0 amide bonds. The standard InChI is InChI=1S/C17H28ClN3O2.HI/c1-4-14(23-16-10-7-6-9-15(16)18)13-21-17(19-3)20-11-8-12-22-5-2;/h6-7,9-10,14H,4-5,8,11-13H2,1-3H3,(H2,19,20,21);1H. The van der Waals surface area contributed by atoms with Crippen molar-refractivity contribution in [3.8, 4) is 5.75 Å². The number of hydrogen-bond acceptors (Lipinski definition) is 3. The molecule has 0 saturated heterocycles. The minimum absolute atomic E-state index is 0. The fraction of sp³-hybridized carbons (Fsp3) is 0.588. The number of aliphatic imine (C=N–C) groups is 1. The van der Waals surface area contributed by atoms with Gasteiger partial charge in [-0.1, -0.05) is 30.7 Å². The van der Waals surface area contributed by atoms with E-state index in [0.717, 1.165) is 38.6 Å². The van der Waals surface area contributed by atoms with E-state index < -0.39 is 0 Å². The first kappa shape index (κ1) is 23.3. The Kier molecular flexibility index (Phi) is 14.2. The predicted octanol–water partition coefficient (Wildman–Crippen LogP) is 3.71. The van der Waals surface area contributed by atoms with Crippen LogP contribution in [0.3, 0.4) is 0 Å². The summed E-state index contributed by atoms with van der Waals surface area (Å²) in [6, 6.07) is 7.52. The number of benzene rings is 1. The van der Waals surface area contributed by atoms with Crippen LogP contribution in [0.25, 0.3) is 0 Å². The summed E-state index contributed by atoms with van der Waals surface area (Å²) in [5.74, 6) is 1.48. The molecule has 0 saturated carbocycles. The molecule has 0 bridgehead atoms. The van der Waals surface area contributed by atoms with E-state index in [9.17, 15) is 0 Å². The summed E-state index contributed by atoms with van der Waals surface area (Å²) in [5, 5.41) is 7.17. The summed E-state index contributed by atoms with van der Waals surface area (Å²) < 4.78 is 11.3. The van der Waals surface area contributed by atoms with E-state index in [0.29, 0.717) is 17.3 Å². The molecule has 0 radical (unpaired) electrons. The molecule has 7 heteroatoms. The van der Waals surface area contributed by atoms with Gasteiger partial charge in [-0.05, 0) is 31.9 Å². The molecule has 1 aromatic rings. The van der Waals surface area contributed by atoms with Crippen LogP contribution in [0, 0.1) is 0 Å². The number of nitrogens with one attached hydrogen (secondary N) is 2. The highest BCUT2D eigenvalue weighted by atomic mass is 127. The van der Waals surface area contributed by atoms with Crippen molar-refractivity contribution in [3.63, 3.8) is 0 Å². The maximum atomic E-state index is 6.13. The lowest BCUT2D eigenvalue weighted by Gasteiger charge is -2.20. The molecule has 0 aliphatic carbocycles. The van der Waals surface area contributed by atoms with Gasteiger partial charge in [0.15, 0.2) is 5.96 Å². The number of hydrogen-bond donors (Lipinski definition) is 2. The molecule has 0 aliphatic rings. The Hall–Kier alpha value is -0.730. The molecule has 1 rings (SSSR count). The SMILES string of the molecule is CCOCCCNC(=NC)NCC(CC)Oc1ccccc1Cl.I. The van der Waals surface area contributed by atoms with Crippen LogP contribution in [0.2, 0.25) is 5.02 Å². The number of ether oxygens (including phenoxy) is 2. The second-order valence-electron chi connectivity index (χ2n) is 5.01. The molecule has 0 aromatic heterocycles. The van der Waals surface area contributed by atoms with Crippen LogP contribution in [0.4, 0.5) is 0 Å². The second-order valence-corrected chi connectivity index (χ2v) is 5.42. The van der Waals surface area contributed by atoms with E-state index in [1.54, 1.807) is 7.05 Å². The van der Waals surface area contributed by atoms with Crippen molar-refractivity contribution < 1.29 is 9.47 Å². The maximum absolute atomic E-state index is 6.13. The van der Waals surface area contributed by atoms with Crippen LogP contribution in [-0.2, 0) is 4.74 Å². The minimum atomic E-state index is 0. The first-order valence-electron chi connectivity index (χ1n) is 8.14. The van der Waals surface area contributed by atoms with Crippen molar-refractivity contribution in [2.75, 3.05) is 33.4 Å². The molecule has 1 unspecified atom stereocenters. The van der Waals surface area contributed by atoms with Crippen molar-refractivity contribution in [1.82, 2.24) is 10.6 Å². The summed E-state index contributed by atoms with van der Waals surface area (Å²) in [6.45, 7) is 7.08. The van der Waals surface area contributed by atoms with Crippen LogP contribution < -0.4 is 15.4 Å². The van der Waals surface area contributed by atoms with Gasteiger partial charge in [-0.15, -0.1) is 24.0 Å². The summed E-state index contributed by atoms with van der Waals surface area (Å²) >= 11 is 6.13. The molecule has 24 heavy (non-hydrogen) atoms. The smallest absolute Gasteiger partial charge is 0.191 e. The van der Waals surface area contributed by atoms with E-state index in [4.69, 9.17) is 21.1 Å². The van der Waals surface area contributed by atoms with Gasteiger partial charge in [-0.2, -0.15) is 0 Å². The third-order valence-electron chi connectivity index (χ3n) is 3.27. The Morgan fingerprint density at radius 2 is 2.00 bits per heavy atom. The van der Waals surface area contributed by atoms with Gasteiger partial charge >= 0.3 is 0 Å². The predicted molar refractivity (Wildman–Crippen MR) is 112 cm³/mol. The Bertz CT molecular complexity index is 475. The van der Waals surface area contributed by atoms with E-state index in [1.165, 1.54) is 0 Å². The molecular weight excluding hydrogens is 441 g/mol. The average Bonchev–Trinajstić information content (AvgIpc) is 2.57. The molecule has 138 valence electrons. The normalized spacial score (nSPS) is 12.2. The van der Waals surface area contributed by atoms with Crippen LogP contribution in [-0.4, -0.2) is 45.4 Å². The van der Waals surface area contributed by atoms with Crippen LogP contribution in [0.5, 0.6) is 5.75 Å². The number of para-hydroxylation sites is 1. The lowest BCUT2D eigenvalue weighted by Crippen LogP contribution is -2.42. The van der Waals surface area contributed by atoms with E-state index >= 15 is 0 Å². The van der Waals surface area contributed by atoms with Crippen molar-refractivity contribution in [2.24, 2.45) is 4.99 Å². The number of halogens is 2. The first-order valence-corrected chi connectivity index (χ1v) is 8.52. The number of rotatable bonds is 10. The van der Waals surface area contributed by atoms with E-state index in [-0.39, 0.29) is 30.1 Å². The molecule has 2 N–H and O–H groups in total. The topological polar surface area (TPSA) is 54.9 Å². The number of guanidine groups is 1. The van der Waals surface area contributed by atoms with Crippen molar-refractivity contribution in [1.29, 1.82) is 0 Å². The Balaban J connectivity index is 0.00000529. The highest BCUT2D eigenvalue weighted by Gasteiger charge is 2.11. The van der Waals surface area contributed by atoms with E-state index in [2.05, 4.69) is 22.5 Å². The maximum Gasteiger partial charge on any atom is 0.191 e. The van der Waals surface area contributed by atoms with Crippen molar-refractivity contribution in [2.45, 2.75) is 32.8 Å². The van der Waals surface area contributed by atoms with E-state index in [1.807, 2.05) is 31.2 Å². The fourth-order valence-electron chi connectivity index (χ4n) is 1.95. The Labute approximate surface area is 167 Å². The van der Waals surface area contributed by atoms with Gasteiger partial charge in [0.2, 0.25) is 0 Å². The summed E-state index contributed by atoms with van der Waals surface area (Å²) in [7, 11) is 1.76. The largest absolute Gasteiger partial charge is 0.487 e. The van der Waals surface area contributed by atoms with Crippen molar-refractivity contribution in [3.05, 3.63) is 29.3 Å². The highest BCUT2D eigenvalue weighted by molar-refractivity contribution is 14.0. The Morgan fingerprint density at radius 1 is 1.25 bits per heavy atom. The minimum Gasteiger partial charge on any atom is -0.487 e. The average molecular weight is 470 g/mol. The van der Waals surface area contributed by atoms with Crippen molar-refractivity contribution >= 4 is 41.5 Å². The second kappa shape index (κ2) is 14.6. The third-order valence-corrected chi connectivity index (χ3v) is 3.58. The quantitative estimate of drug-likeness (QED) is 0.237. The lowest BCUT2D eigenvalue weighted by atomic mass is 10.2. The van der Waals surface area contributed by atoms with Gasteiger partial charge in [0.25, 0.3) is 0 Å². The third kappa shape index (κ3) is 9.54. The molecule has 1 aromatic carbocycles. The first-order chi connectivity index (χ1) is 11.2. The van der Waals surface area contributed by atoms with Gasteiger partial charge in [0.05, 0.1) is 11.6 Å².